The van der Waals surface area contributed by atoms with Crippen LogP contribution >= 0.6 is 0 Å². The van der Waals surface area contributed by atoms with Gasteiger partial charge in [0.2, 0.25) is 5.91 Å². The lowest BCUT2D eigenvalue weighted by Gasteiger charge is -2.53. The molecule has 1 saturated carbocycles. The Kier molecular flexibility index (Phi) is 7.79. The Hall–Kier alpha value is -2.85. The van der Waals surface area contributed by atoms with Gasteiger partial charge in [0.15, 0.2) is 0 Å². The minimum absolute atomic E-state index is 0.173. The summed E-state index contributed by atoms with van der Waals surface area (Å²) in [6.45, 7) is 7.05. The van der Waals surface area contributed by atoms with Crippen molar-refractivity contribution < 1.29 is 23.8 Å². The van der Waals surface area contributed by atoms with Crippen LogP contribution in [0, 0.1) is 5.41 Å². The van der Waals surface area contributed by atoms with Gasteiger partial charge in [-0.05, 0) is 75.8 Å². The molecule has 1 spiro atoms. The molecule has 39 heavy (non-hydrogen) atoms. The third-order valence-electron chi connectivity index (χ3n) is 8.86. The normalized spacial score (nSPS) is 24.1. The number of amides is 1. The van der Waals surface area contributed by atoms with Crippen LogP contribution in [0.1, 0.15) is 69.9 Å². The fourth-order valence-corrected chi connectivity index (χ4v) is 6.38. The van der Waals surface area contributed by atoms with Crippen molar-refractivity contribution in [1.29, 1.82) is 0 Å². The van der Waals surface area contributed by atoms with Crippen molar-refractivity contribution in [3.8, 4) is 5.75 Å². The molecule has 3 heterocycles. The maximum absolute atomic E-state index is 14.0. The number of carbonyl (C=O) groups excluding carboxylic acids is 1. The van der Waals surface area contributed by atoms with Gasteiger partial charge in [0.1, 0.15) is 11.6 Å². The van der Waals surface area contributed by atoms with E-state index in [1.54, 1.807) is 0 Å². The summed E-state index contributed by atoms with van der Waals surface area (Å²) >= 11 is 0. The molecule has 1 aliphatic carbocycles. The molecular formula is C29H41F2N5O3. The quantitative estimate of drug-likeness (QED) is 0.358. The first-order valence-electron chi connectivity index (χ1n) is 14.2. The Morgan fingerprint density at radius 2 is 1.95 bits per heavy atom. The summed E-state index contributed by atoms with van der Waals surface area (Å²) in [4.78, 5) is 17.1. The molecule has 3 aliphatic heterocycles. The molecule has 1 aromatic rings. The van der Waals surface area contributed by atoms with Crippen molar-refractivity contribution in [2.24, 2.45) is 5.41 Å². The number of aliphatic hydroxyl groups is 1. The molecule has 5 rings (SSSR count). The second kappa shape index (κ2) is 11.0. The number of hydrogen-bond donors (Lipinski definition) is 5. The predicted octanol–water partition coefficient (Wildman–Crippen LogP) is 3.39. The molecule has 10 heteroatoms. The third-order valence-corrected chi connectivity index (χ3v) is 8.86. The van der Waals surface area contributed by atoms with E-state index in [4.69, 9.17) is 0 Å². The van der Waals surface area contributed by atoms with Crippen molar-refractivity contribution in [3.63, 3.8) is 0 Å². The lowest BCUT2D eigenvalue weighted by Crippen LogP contribution is -2.61. The van der Waals surface area contributed by atoms with Crippen molar-refractivity contribution in [3.05, 3.63) is 46.8 Å². The van der Waals surface area contributed by atoms with Crippen LogP contribution in [0.4, 0.5) is 8.78 Å². The van der Waals surface area contributed by atoms with Crippen LogP contribution in [0.5, 0.6) is 5.75 Å². The Bertz CT molecular complexity index is 1140. The summed E-state index contributed by atoms with van der Waals surface area (Å²) in [5.74, 6) is -2.21. The van der Waals surface area contributed by atoms with Gasteiger partial charge >= 0.3 is 0 Å². The molecule has 0 unspecified atom stereocenters. The van der Waals surface area contributed by atoms with Crippen molar-refractivity contribution in [1.82, 2.24) is 26.0 Å². The lowest BCUT2D eigenvalue weighted by molar-refractivity contribution is -0.148. The van der Waals surface area contributed by atoms with Crippen molar-refractivity contribution in [2.75, 3.05) is 32.7 Å². The zero-order valence-electron chi connectivity index (χ0n) is 22.9. The largest absolute Gasteiger partial charge is 0.507 e. The fourth-order valence-electron chi connectivity index (χ4n) is 6.38. The molecule has 0 radical (unpaired) electrons. The standard InChI is InChI=1S/C29H41F2N5O3/c1-3-29(30,31)20-6-7-23(24(38)14-20)27-19(2)13-25(33-34-27)32-21-5-4-12-35(15-21)16-26(39)36-17-28(18-36)10-8-22(37)9-11-28/h6-7,13-14,21-22,32-34,37-38H,3-5,8-12,15-18H2,1-2H3/t21-/m1/s1. The molecule has 1 aromatic carbocycles. The average Bonchev–Trinajstić information content (AvgIpc) is 2.88. The Morgan fingerprint density at radius 3 is 2.62 bits per heavy atom. The molecule has 2 saturated heterocycles. The highest BCUT2D eigenvalue weighted by Gasteiger charge is 2.46. The van der Waals surface area contributed by atoms with Crippen LogP contribution in [-0.2, 0) is 10.7 Å². The minimum Gasteiger partial charge on any atom is -0.507 e. The van der Waals surface area contributed by atoms with Gasteiger partial charge < -0.3 is 20.4 Å². The number of aromatic hydroxyl groups is 1. The topological polar surface area (TPSA) is 100 Å². The number of alkyl halides is 2. The van der Waals surface area contributed by atoms with Gasteiger partial charge in [-0.3, -0.25) is 20.5 Å². The molecule has 5 N–H and O–H groups in total. The van der Waals surface area contributed by atoms with E-state index in [0.717, 1.165) is 82.2 Å². The average molecular weight is 546 g/mol. The number of carbonyl (C=O) groups is 1. The highest BCUT2D eigenvalue weighted by atomic mass is 19.3. The Labute approximate surface area is 229 Å². The molecule has 4 aliphatic rings. The second-order valence-electron chi connectivity index (χ2n) is 11.9. The number of phenolic OH excluding ortho intramolecular Hbond substituents is 1. The summed E-state index contributed by atoms with van der Waals surface area (Å²) in [6, 6.07) is 4.18. The number of nitrogens with one attached hydrogen (secondary N) is 3. The van der Waals surface area contributed by atoms with E-state index in [9.17, 15) is 23.8 Å². The first-order valence-corrected chi connectivity index (χ1v) is 14.2. The van der Waals surface area contributed by atoms with Gasteiger partial charge in [0.25, 0.3) is 5.92 Å². The molecule has 3 fully saturated rings. The van der Waals surface area contributed by atoms with Crippen LogP contribution < -0.4 is 16.2 Å². The van der Waals surface area contributed by atoms with Crippen molar-refractivity contribution >= 4 is 11.6 Å². The monoisotopic (exact) mass is 545 g/mol. The first-order chi connectivity index (χ1) is 18.6. The Balaban J connectivity index is 1.15. The van der Waals surface area contributed by atoms with Crippen molar-refractivity contribution in [2.45, 2.75) is 76.9 Å². The molecule has 1 amide bonds. The van der Waals surface area contributed by atoms with E-state index in [-0.39, 0.29) is 41.2 Å². The molecule has 1 atom stereocenters. The summed E-state index contributed by atoms with van der Waals surface area (Å²) in [5, 5.41) is 23.8. The third kappa shape index (κ3) is 6.01. The van der Waals surface area contributed by atoms with E-state index in [1.807, 2.05) is 17.9 Å². The predicted molar refractivity (Wildman–Crippen MR) is 145 cm³/mol. The Morgan fingerprint density at radius 1 is 1.21 bits per heavy atom. The first kappa shape index (κ1) is 27.7. The van der Waals surface area contributed by atoms with Gasteiger partial charge in [-0.2, -0.15) is 0 Å². The number of aliphatic hydroxyl groups excluding tert-OH is 1. The summed E-state index contributed by atoms with van der Waals surface area (Å²) in [7, 11) is 0. The number of hydrogen-bond acceptors (Lipinski definition) is 7. The maximum atomic E-state index is 14.0. The van der Waals surface area contributed by atoms with Crippen LogP contribution in [0.25, 0.3) is 5.70 Å². The highest BCUT2D eigenvalue weighted by molar-refractivity contribution is 5.79. The number of allylic oxidation sites excluding steroid dienone is 2. The van der Waals surface area contributed by atoms with E-state index in [2.05, 4.69) is 21.1 Å². The number of phenols is 1. The SMILES string of the molecule is CCC(F)(F)c1ccc(C2=C(C)C=C(N[C@@H]3CCCN(CC(=O)N4CC5(CCC(O)CC5)C4)C3)NN2)c(O)c1. The lowest BCUT2D eigenvalue weighted by atomic mass is 9.68. The summed E-state index contributed by atoms with van der Waals surface area (Å²) in [5.41, 5.74) is 8.19. The molecule has 214 valence electrons. The number of likely N-dealkylation sites (tertiary alicyclic amines) is 2. The number of rotatable bonds is 7. The van der Waals surface area contributed by atoms with Gasteiger partial charge in [0.05, 0.1) is 18.3 Å². The molecule has 0 aromatic heterocycles. The van der Waals surface area contributed by atoms with E-state index < -0.39 is 5.92 Å². The number of benzene rings is 1. The van der Waals surface area contributed by atoms with Crippen LogP contribution in [0.2, 0.25) is 0 Å². The summed E-state index contributed by atoms with van der Waals surface area (Å²) in [6.07, 6.45) is 7.14. The smallest absolute Gasteiger partial charge is 0.273 e. The van der Waals surface area contributed by atoms with Gasteiger partial charge in [0, 0.05) is 48.6 Å². The van der Waals surface area contributed by atoms with Gasteiger partial charge in [-0.25, -0.2) is 8.78 Å². The van der Waals surface area contributed by atoms with E-state index >= 15 is 0 Å². The zero-order valence-corrected chi connectivity index (χ0v) is 22.9. The van der Waals surface area contributed by atoms with Gasteiger partial charge in [-0.1, -0.05) is 13.0 Å². The van der Waals surface area contributed by atoms with Crippen LogP contribution in [0.15, 0.2) is 35.7 Å². The number of nitrogens with zero attached hydrogens (tertiary/aromatic N) is 2. The van der Waals surface area contributed by atoms with Crippen LogP contribution in [-0.4, -0.2) is 70.8 Å². The number of halogens is 2. The molecule has 8 nitrogen and oxygen atoms in total. The fraction of sp³-hybridized carbons (Fsp3) is 0.621. The number of piperidine rings is 1. The minimum atomic E-state index is -2.98. The molecular weight excluding hydrogens is 504 g/mol. The number of hydrazine groups is 1. The summed E-state index contributed by atoms with van der Waals surface area (Å²) < 4.78 is 28.1. The van der Waals surface area contributed by atoms with E-state index in [0.29, 0.717) is 17.8 Å². The van der Waals surface area contributed by atoms with Gasteiger partial charge in [-0.15, -0.1) is 0 Å². The highest BCUT2D eigenvalue weighted by Crippen LogP contribution is 2.44. The van der Waals surface area contributed by atoms with E-state index in [1.165, 1.54) is 19.1 Å². The maximum Gasteiger partial charge on any atom is 0.273 e. The molecule has 0 bridgehead atoms. The zero-order chi connectivity index (χ0) is 27.8. The second-order valence-corrected chi connectivity index (χ2v) is 11.9. The van der Waals surface area contributed by atoms with Crippen LogP contribution in [0.3, 0.4) is 0 Å².